The van der Waals surface area contributed by atoms with Crippen LogP contribution in [0.2, 0.25) is 18.1 Å². The second-order valence-electron chi connectivity index (χ2n) is 9.59. The lowest BCUT2D eigenvalue weighted by molar-refractivity contribution is -0.0783. The van der Waals surface area contributed by atoms with Crippen LogP contribution in [0, 0.1) is 11.8 Å². The van der Waals surface area contributed by atoms with Gasteiger partial charge in [0.05, 0.1) is 12.7 Å². The molecule has 0 amide bonds. The highest BCUT2D eigenvalue weighted by atomic mass is 28.4. The van der Waals surface area contributed by atoms with E-state index in [0.717, 1.165) is 18.6 Å². The molecule has 0 aromatic heterocycles. The van der Waals surface area contributed by atoms with E-state index in [1.165, 1.54) is 0 Å². The van der Waals surface area contributed by atoms with E-state index in [1.807, 2.05) is 30.3 Å². The molecule has 0 spiro atoms. The van der Waals surface area contributed by atoms with Gasteiger partial charge in [-0.1, -0.05) is 65.0 Å². The van der Waals surface area contributed by atoms with Crippen molar-refractivity contribution in [3.8, 4) is 0 Å². The molecule has 0 radical (unpaired) electrons. The highest BCUT2D eigenvalue weighted by Gasteiger charge is 2.41. The molecule has 0 bridgehead atoms. The molecule has 27 heavy (non-hydrogen) atoms. The SMILES string of the molecule is C[C@@H](CO[Si](C)(C)C(C)(C)C)C[C@H](C)[C@H]1OC(c2ccccc2)O[C@@H]1CO. The first-order valence-electron chi connectivity index (χ1n) is 10.2. The van der Waals surface area contributed by atoms with Crippen molar-refractivity contribution in [1.82, 2.24) is 0 Å². The summed E-state index contributed by atoms with van der Waals surface area (Å²) in [5.41, 5.74) is 1.000. The average molecular weight is 395 g/mol. The van der Waals surface area contributed by atoms with Crippen LogP contribution in [0.4, 0.5) is 0 Å². The van der Waals surface area contributed by atoms with Crippen LogP contribution in [-0.2, 0) is 13.9 Å². The van der Waals surface area contributed by atoms with E-state index < -0.39 is 14.6 Å². The molecule has 1 N–H and O–H groups in total. The Bertz CT molecular complexity index is 569. The predicted octanol–water partition coefficient (Wildman–Crippen LogP) is 5.15. The first-order valence-corrected chi connectivity index (χ1v) is 13.1. The second-order valence-corrected chi connectivity index (χ2v) is 14.4. The minimum absolute atomic E-state index is 0.0206. The van der Waals surface area contributed by atoms with Crippen LogP contribution in [-0.4, -0.2) is 38.8 Å². The highest BCUT2D eigenvalue weighted by molar-refractivity contribution is 6.74. The molecular weight excluding hydrogens is 356 g/mol. The van der Waals surface area contributed by atoms with Gasteiger partial charge in [-0.05, 0) is 36.4 Å². The molecule has 1 aliphatic rings. The van der Waals surface area contributed by atoms with Crippen LogP contribution in [0.1, 0.15) is 52.9 Å². The molecule has 0 aliphatic carbocycles. The third-order valence-corrected chi connectivity index (χ3v) is 10.6. The molecular formula is C22H38O4Si. The van der Waals surface area contributed by atoms with Gasteiger partial charge in [0.25, 0.3) is 0 Å². The van der Waals surface area contributed by atoms with E-state index in [0.29, 0.717) is 5.92 Å². The van der Waals surface area contributed by atoms with E-state index in [1.54, 1.807) is 0 Å². The maximum atomic E-state index is 9.76. The minimum Gasteiger partial charge on any atom is -0.417 e. The van der Waals surface area contributed by atoms with Crippen molar-refractivity contribution >= 4 is 8.32 Å². The van der Waals surface area contributed by atoms with Crippen LogP contribution in [0.25, 0.3) is 0 Å². The summed E-state index contributed by atoms with van der Waals surface area (Å²) < 4.78 is 18.6. The Morgan fingerprint density at radius 1 is 1.11 bits per heavy atom. The Morgan fingerprint density at radius 3 is 2.30 bits per heavy atom. The van der Waals surface area contributed by atoms with Gasteiger partial charge in [0.15, 0.2) is 14.6 Å². The quantitative estimate of drug-likeness (QED) is 0.620. The zero-order valence-corrected chi connectivity index (χ0v) is 19.1. The summed E-state index contributed by atoms with van der Waals surface area (Å²) in [5.74, 6) is 0.724. The highest BCUT2D eigenvalue weighted by Crippen LogP contribution is 2.38. The Labute approximate surface area is 166 Å². The van der Waals surface area contributed by atoms with Crippen molar-refractivity contribution in [3.05, 3.63) is 35.9 Å². The van der Waals surface area contributed by atoms with E-state index in [-0.39, 0.29) is 29.8 Å². The molecule has 4 nitrogen and oxygen atoms in total. The van der Waals surface area contributed by atoms with Crippen molar-refractivity contribution < 1.29 is 19.0 Å². The van der Waals surface area contributed by atoms with Gasteiger partial charge in [-0.3, -0.25) is 0 Å². The number of aliphatic hydroxyl groups is 1. The van der Waals surface area contributed by atoms with E-state index in [2.05, 4.69) is 47.7 Å². The summed E-state index contributed by atoms with van der Waals surface area (Å²) >= 11 is 0. The lowest BCUT2D eigenvalue weighted by Crippen LogP contribution is -2.42. The first kappa shape index (κ1) is 22.6. The summed E-state index contributed by atoms with van der Waals surface area (Å²) in [6, 6.07) is 9.94. The van der Waals surface area contributed by atoms with Crippen LogP contribution < -0.4 is 0 Å². The maximum absolute atomic E-state index is 9.76. The third kappa shape index (κ3) is 5.88. The molecule has 1 heterocycles. The Balaban J connectivity index is 1.91. The lowest BCUT2D eigenvalue weighted by Gasteiger charge is -2.37. The topological polar surface area (TPSA) is 47.9 Å². The van der Waals surface area contributed by atoms with E-state index in [9.17, 15) is 5.11 Å². The number of benzene rings is 1. The normalized spacial score (nSPS) is 26.1. The molecule has 1 aliphatic heterocycles. The van der Waals surface area contributed by atoms with Gasteiger partial charge in [0.2, 0.25) is 0 Å². The fourth-order valence-electron chi connectivity index (χ4n) is 3.32. The third-order valence-electron chi connectivity index (χ3n) is 6.07. The summed E-state index contributed by atoms with van der Waals surface area (Å²) in [6.45, 7) is 16.6. The molecule has 0 saturated carbocycles. The van der Waals surface area contributed by atoms with Crippen molar-refractivity contribution in [2.45, 2.75) is 77.7 Å². The summed E-state index contributed by atoms with van der Waals surface area (Å²) in [5, 5.41) is 9.99. The Morgan fingerprint density at radius 2 is 1.74 bits per heavy atom. The van der Waals surface area contributed by atoms with Crippen LogP contribution in [0.5, 0.6) is 0 Å². The fourth-order valence-corrected chi connectivity index (χ4v) is 4.45. The van der Waals surface area contributed by atoms with Gasteiger partial charge in [-0.15, -0.1) is 0 Å². The van der Waals surface area contributed by atoms with Crippen molar-refractivity contribution in [2.75, 3.05) is 13.2 Å². The van der Waals surface area contributed by atoms with Gasteiger partial charge in [-0.25, -0.2) is 0 Å². The van der Waals surface area contributed by atoms with Gasteiger partial charge >= 0.3 is 0 Å². The molecule has 5 heteroatoms. The molecule has 1 saturated heterocycles. The number of ether oxygens (including phenoxy) is 2. The van der Waals surface area contributed by atoms with Gasteiger partial charge < -0.3 is 19.0 Å². The zero-order chi connectivity index (χ0) is 20.2. The minimum atomic E-state index is -1.72. The standard InChI is InChI=1S/C22H38O4Si/c1-16(15-24-27(6,7)22(3,4)5)13-17(2)20-19(14-23)25-21(26-20)18-11-9-8-10-12-18/h8-12,16-17,19-21,23H,13-15H2,1-7H3/t16-,17+,19-,20-,21?/m1/s1. The maximum Gasteiger partial charge on any atom is 0.191 e. The molecule has 1 aromatic rings. The number of hydrogen-bond acceptors (Lipinski definition) is 4. The monoisotopic (exact) mass is 394 g/mol. The smallest absolute Gasteiger partial charge is 0.191 e. The van der Waals surface area contributed by atoms with Crippen LogP contribution in [0.3, 0.4) is 0 Å². The molecule has 1 fully saturated rings. The average Bonchev–Trinajstić information content (AvgIpc) is 3.04. The summed E-state index contributed by atoms with van der Waals surface area (Å²) in [4.78, 5) is 0. The van der Waals surface area contributed by atoms with E-state index in [4.69, 9.17) is 13.9 Å². The lowest BCUT2D eigenvalue weighted by atomic mass is 9.91. The second kappa shape index (κ2) is 9.18. The van der Waals surface area contributed by atoms with E-state index >= 15 is 0 Å². The number of aliphatic hydroxyl groups excluding tert-OH is 1. The summed E-state index contributed by atoms with van der Waals surface area (Å²) in [7, 11) is -1.72. The molecule has 2 rings (SSSR count). The van der Waals surface area contributed by atoms with Crippen LogP contribution >= 0.6 is 0 Å². The van der Waals surface area contributed by atoms with Gasteiger partial charge in [-0.2, -0.15) is 0 Å². The van der Waals surface area contributed by atoms with Crippen molar-refractivity contribution in [3.63, 3.8) is 0 Å². The Hall–Kier alpha value is -0.723. The zero-order valence-electron chi connectivity index (χ0n) is 18.1. The number of rotatable bonds is 8. The first-order chi connectivity index (χ1) is 12.5. The Kier molecular flexibility index (Phi) is 7.67. The predicted molar refractivity (Wildman–Crippen MR) is 112 cm³/mol. The molecule has 1 aromatic carbocycles. The fraction of sp³-hybridized carbons (Fsp3) is 0.727. The molecule has 5 atom stereocenters. The van der Waals surface area contributed by atoms with Crippen molar-refractivity contribution in [2.24, 2.45) is 11.8 Å². The van der Waals surface area contributed by atoms with Crippen molar-refractivity contribution in [1.29, 1.82) is 0 Å². The van der Waals surface area contributed by atoms with Crippen LogP contribution in [0.15, 0.2) is 30.3 Å². The molecule has 154 valence electrons. The number of hydrogen-bond donors (Lipinski definition) is 1. The van der Waals surface area contributed by atoms with Gasteiger partial charge in [0.1, 0.15) is 6.10 Å². The molecule has 1 unspecified atom stereocenters. The van der Waals surface area contributed by atoms with Gasteiger partial charge in [0, 0.05) is 12.2 Å². The largest absolute Gasteiger partial charge is 0.417 e. The summed E-state index contributed by atoms with van der Waals surface area (Å²) in [6.07, 6.45) is 0.213.